The van der Waals surface area contributed by atoms with Crippen LogP contribution >= 0.6 is 23.2 Å². The van der Waals surface area contributed by atoms with E-state index in [1.54, 1.807) is 0 Å². The number of ether oxygens (including phenoxy) is 1. The van der Waals surface area contributed by atoms with Gasteiger partial charge in [0.15, 0.2) is 11.1 Å². The first kappa shape index (κ1) is 8.60. The standard InChI is InChI=1S/C7H9Cl2NO2/c8-5(9)6-10-3-1-2-4(10)7(11)12-6/h4-6H,1-3H2/t4-,6+/m0/s1. The molecule has 2 fully saturated rings. The van der Waals surface area contributed by atoms with Gasteiger partial charge in [-0.15, -0.1) is 0 Å². The summed E-state index contributed by atoms with van der Waals surface area (Å²) in [6.45, 7) is 0.858. The molecule has 0 radical (unpaired) electrons. The Balaban J connectivity index is 2.14. The Morgan fingerprint density at radius 1 is 1.58 bits per heavy atom. The molecule has 0 unspecified atom stereocenters. The first-order valence-electron chi connectivity index (χ1n) is 3.94. The largest absolute Gasteiger partial charge is 0.442 e. The van der Waals surface area contributed by atoms with Gasteiger partial charge in [-0.05, 0) is 12.8 Å². The Hall–Kier alpha value is 0.01000. The quantitative estimate of drug-likeness (QED) is 0.480. The third-order valence-electron chi connectivity index (χ3n) is 2.35. The molecule has 2 aliphatic rings. The van der Waals surface area contributed by atoms with Gasteiger partial charge in [-0.2, -0.15) is 0 Å². The second-order valence-corrected chi connectivity index (χ2v) is 4.22. The van der Waals surface area contributed by atoms with Crippen LogP contribution in [0.2, 0.25) is 0 Å². The lowest BCUT2D eigenvalue weighted by Gasteiger charge is -2.20. The summed E-state index contributed by atoms with van der Waals surface area (Å²) in [5.41, 5.74) is 0. The number of esters is 1. The predicted octanol–water partition coefficient (Wildman–Crippen LogP) is 1.14. The first-order chi connectivity index (χ1) is 5.70. The normalized spacial score (nSPS) is 35.8. The van der Waals surface area contributed by atoms with Crippen molar-refractivity contribution in [2.45, 2.75) is 29.9 Å². The van der Waals surface area contributed by atoms with E-state index < -0.39 is 11.1 Å². The van der Waals surface area contributed by atoms with Crippen LogP contribution in [0, 0.1) is 0 Å². The lowest BCUT2D eigenvalue weighted by molar-refractivity contribution is -0.142. The van der Waals surface area contributed by atoms with E-state index in [4.69, 9.17) is 27.9 Å². The molecule has 5 heteroatoms. The number of carbonyl (C=O) groups excluding carboxylic acids is 1. The zero-order valence-electron chi connectivity index (χ0n) is 6.37. The molecular weight excluding hydrogens is 201 g/mol. The average Bonchev–Trinajstić information content (AvgIpc) is 2.53. The van der Waals surface area contributed by atoms with E-state index in [0.29, 0.717) is 0 Å². The molecule has 2 heterocycles. The van der Waals surface area contributed by atoms with E-state index >= 15 is 0 Å². The molecule has 0 aromatic carbocycles. The lowest BCUT2D eigenvalue weighted by Crippen LogP contribution is -2.36. The van der Waals surface area contributed by atoms with Gasteiger partial charge in [-0.1, -0.05) is 23.2 Å². The van der Waals surface area contributed by atoms with Crippen LogP contribution in [0.25, 0.3) is 0 Å². The smallest absolute Gasteiger partial charge is 0.325 e. The Labute approximate surface area is 80.6 Å². The van der Waals surface area contributed by atoms with Gasteiger partial charge < -0.3 is 4.74 Å². The highest BCUT2D eigenvalue weighted by atomic mass is 35.5. The Morgan fingerprint density at radius 2 is 2.33 bits per heavy atom. The molecule has 2 aliphatic heterocycles. The molecule has 0 saturated carbocycles. The van der Waals surface area contributed by atoms with E-state index in [1.807, 2.05) is 4.90 Å². The topological polar surface area (TPSA) is 29.5 Å². The number of rotatable bonds is 1. The number of hydrogen-bond donors (Lipinski definition) is 0. The van der Waals surface area contributed by atoms with Crippen molar-refractivity contribution in [3.8, 4) is 0 Å². The van der Waals surface area contributed by atoms with E-state index in [9.17, 15) is 4.79 Å². The van der Waals surface area contributed by atoms with Gasteiger partial charge in [0.25, 0.3) is 0 Å². The van der Waals surface area contributed by atoms with Crippen LogP contribution in [0.3, 0.4) is 0 Å². The van der Waals surface area contributed by atoms with Crippen molar-refractivity contribution in [3.63, 3.8) is 0 Å². The van der Waals surface area contributed by atoms with Crippen molar-refractivity contribution in [1.29, 1.82) is 0 Å². The third-order valence-corrected chi connectivity index (χ3v) is 2.78. The minimum atomic E-state index is -0.642. The van der Waals surface area contributed by atoms with Crippen LogP contribution in [0.5, 0.6) is 0 Å². The summed E-state index contributed by atoms with van der Waals surface area (Å²) in [4.78, 5) is 12.5. The SMILES string of the molecule is O=C1O[C@H](C(Cl)Cl)N2CCC[C@@H]12. The van der Waals surface area contributed by atoms with Crippen molar-refractivity contribution < 1.29 is 9.53 Å². The summed E-state index contributed by atoms with van der Waals surface area (Å²) in [6.07, 6.45) is 1.47. The van der Waals surface area contributed by atoms with Gasteiger partial charge in [0.05, 0.1) is 0 Å². The maximum atomic E-state index is 11.2. The molecule has 3 nitrogen and oxygen atoms in total. The van der Waals surface area contributed by atoms with E-state index in [0.717, 1.165) is 19.4 Å². The minimum absolute atomic E-state index is 0.0880. The number of hydrogen-bond acceptors (Lipinski definition) is 3. The number of alkyl halides is 2. The first-order valence-corrected chi connectivity index (χ1v) is 4.82. The van der Waals surface area contributed by atoms with Crippen molar-refractivity contribution in [1.82, 2.24) is 4.90 Å². The number of halogens is 2. The highest BCUT2D eigenvalue weighted by molar-refractivity contribution is 6.44. The second kappa shape index (κ2) is 3.05. The molecule has 0 aromatic rings. The highest BCUT2D eigenvalue weighted by Crippen LogP contribution is 2.32. The van der Waals surface area contributed by atoms with Crippen LogP contribution in [-0.2, 0) is 9.53 Å². The van der Waals surface area contributed by atoms with E-state index in [-0.39, 0.29) is 12.0 Å². The summed E-state index contributed by atoms with van der Waals surface area (Å²) in [5.74, 6) is -0.177. The molecular formula is C7H9Cl2NO2. The molecule has 2 rings (SSSR count). The summed E-state index contributed by atoms with van der Waals surface area (Å²) in [5, 5.41) is 0. The van der Waals surface area contributed by atoms with E-state index in [1.165, 1.54) is 0 Å². The molecule has 0 spiro atoms. The van der Waals surface area contributed by atoms with Crippen molar-refractivity contribution in [2.24, 2.45) is 0 Å². The van der Waals surface area contributed by atoms with Gasteiger partial charge >= 0.3 is 5.97 Å². The Kier molecular flexibility index (Phi) is 2.19. The predicted molar refractivity (Wildman–Crippen MR) is 45.1 cm³/mol. The molecule has 2 atom stereocenters. The maximum Gasteiger partial charge on any atom is 0.325 e. The molecule has 2 saturated heterocycles. The average molecular weight is 210 g/mol. The van der Waals surface area contributed by atoms with Gasteiger partial charge in [0, 0.05) is 6.54 Å². The van der Waals surface area contributed by atoms with Crippen LogP contribution in [0.15, 0.2) is 0 Å². The van der Waals surface area contributed by atoms with Crippen LogP contribution < -0.4 is 0 Å². The van der Waals surface area contributed by atoms with Crippen LogP contribution in [0.4, 0.5) is 0 Å². The molecule has 0 aliphatic carbocycles. The zero-order chi connectivity index (χ0) is 8.72. The molecule has 0 amide bonds. The third kappa shape index (κ3) is 1.20. The highest BCUT2D eigenvalue weighted by Gasteiger charge is 2.47. The van der Waals surface area contributed by atoms with E-state index in [2.05, 4.69) is 0 Å². The molecule has 68 valence electrons. The number of fused-ring (bicyclic) bond motifs is 1. The number of cyclic esters (lactones) is 1. The summed E-state index contributed by atoms with van der Waals surface area (Å²) in [7, 11) is 0. The number of nitrogens with zero attached hydrogens (tertiary/aromatic N) is 1. The number of carbonyl (C=O) groups is 1. The summed E-state index contributed by atoms with van der Waals surface area (Å²) >= 11 is 11.3. The van der Waals surface area contributed by atoms with Crippen LogP contribution in [0.1, 0.15) is 12.8 Å². The maximum absolute atomic E-state index is 11.2. The fraction of sp³-hybridized carbons (Fsp3) is 0.857. The summed E-state index contributed by atoms with van der Waals surface area (Å²) in [6, 6.07) is -0.0880. The van der Waals surface area contributed by atoms with Crippen molar-refractivity contribution in [3.05, 3.63) is 0 Å². The molecule has 0 aromatic heterocycles. The van der Waals surface area contributed by atoms with Crippen LogP contribution in [-0.4, -0.2) is 34.5 Å². The van der Waals surface area contributed by atoms with Gasteiger partial charge in [0.2, 0.25) is 0 Å². The Morgan fingerprint density at radius 3 is 3.00 bits per heavy atom. The lowest BCUT2D eigenvalue weighted by atomic mass is 10.2. The fourth-order valence-electron chi connectivity index (χ4n) is 1.81. The summed E-state index contributed by atoms with van der Waals surface area (Å²) < 4.78 is 5.01. The molecule has 0 N–H and O–H groups in total. The minimum Gasteiger partial charge on any atom is -0.442 e. The fourth-order valence-corrected chi connectivity index (χ4v) is 2.20. The molecule has 0 bridgehead atoms. The van der Waals surface area contributed by atoms with Gasteiger partial charge in [0.1, 0.15) is 6.04 Å². The monoisotopic (exact) mass is 209 g/mol. The zero-order valence-corrected chi connectivity index (χ0v) is 7.88. The second-order valence-electron chi connectivity index (χ2n) is 3.06. The van der Waals surface area contributed by atoms with Gasteiger partial charge in [-0.25, -0.2) is 0 Å². The molecule has 12 heavy (non-hydrogen) atoms. The van der Waals surface area contributed by atoms with Crippen molar-refractivity contribution >= 4 is 29.2 Å². The van der Waals surface area contributed by atoms with Crippen molar-refractivity contribution in [2.75, 3.05) is 6.54 Å². The van der Waals surface area contributed by atoms with Gasteiger partial charge in [-0.3, -0.25) is 9.69 Å². The Bertz CT molecular complexity index is 210.